The first-order valence-electron chi connectivity index (χ1n) is 5.03. The molecule has 0 atom stereocenters. The largest absolute Gasteiger partial charge is 0.493 e. The lowest BCUT2D eigenvalue weighted by atomic mass is 10.2. The maximum atomic E-state index is 5.61. The third-order valence-electron chi connectivity index (χ3n) is 2.41. The van der Waals surface area contributed by atoms with Crippen LogP contribution in [0.25, 0.3) is 0 Å². The summed E-state index contributed by atoms with van der Waals surface area (Å²) in [5.41, 5.74) is 3.80. The zero-order chi connectivity index (χ0) is 9.80. The number of hydrogen-bond acceptors (Lipinski definition) is 3. The Morgan fingerprint density at radius 1 is 1.27 bits per heavy atom. The average Bonchev–Trinajstić information content (AvgIpc) is 3.01. The van der Waals surface area contributed by atoms with Crippen molar-refractivity contribution in [1.82, 2.24) is 5.43 Å². The molecule has 2 rings (SSSR count). The number of halogens is 1. The molecule has 0 bridgehead atoms. The first-order chi connectivity index (χ1) is 6.88. The third-order valence-corrected chi connectivity index (χ3v) is 2.41. The van der Waals surface area contributed by atoms with E-state index in [4.69, 9.17) is 10.6 Å². The van der Waals surface area contributed by atoms with Crippen LogP contribution in [0.5, 0.6) is 5.75 Å². The first-order valence-corrected chi connectivity index (χ1v) is 5.03. The maximum absolute atomic E-state index is 5.61. The van der Waals surface area contributed by atoms with Crippen LogP contribution in [0.1, 0.15) is 18.4 Å². The molecule has 1 aliphatic carbocycles. The van der Waals surface area contributed by atoms with E-state index in [0.717, 1.165) is 18.3 Å². The molecule has 0 aromatic heterocycles. The van der Waals surface area contributed by atoms with Gasteiger partial charge in [-0.25, -0.2) is 0 Å². The van der Waals surface area contributed by atoms with Gasteiger partial charge in [0.25, 0.3) is 0 Å². The molecule has 0 amide bonds. The second-order valence-electron chi connectivity index (χ2n) is 3.78. The summed E-state index contributed by atoms with van der Waals surface area (Å²) in [5.74, 6) is 6.99. The topological polar surface area (TPSA) is 47.3 Å². The van der Waals surface area contributed by atoms with Crippen LogP contribution in [0.2, 0.25) is 0 Å². The van der Waals surface area contributed by atoms with Crippen LogP contribution in [-0.4, -0.2) is 6.61 Å². The van der Waals surface area contributed by atoms with Gasteiger partial charge in [-0.2, -0.15) is 0 Å². The number of benzene rings is 1. The molecule has 0 heterocycles. The van der Waals surface area contributed by atoms with Crippen LogP contribution in [0.15, 0.2) is 24.3 Å². The lowest BCUT2D eigenvalue weighted by Gasteiger charge is -2.05. The Kier molecular flexibility index (Phi) is 4.88. The summed E-state index contributed by atoms with van der Waals surface area (Å²) < 4.78 is 5.61. The normalized spacial score (nSPS) is 14.5. The fourth-order valence-corrected chi connectivity index (χ4v) is 1.32. The quantitative estimate of drug-likeness (QED) is 0.598. The number of rotatable bonds is 5. The molecule has 1 fully saturated rings. The fraction of sp³-hybridized carbons (Fsp3) is 0.455. The van der Waals surface area contributed by atoms with E-state index in [0.29, 0.717) is 6.54 Å². The van der Waals surface area contributed by atoms with E-state index in [1.807, 2.05) is 24.3 Å². The summed E-state index contributed by atoms with van der Waals surface area (Å²) >= 11 is 0. The standard InChI is InChI=1S/C11H16N2O.ClH/c12-13-7-9-3-5-11(6-4-9)14-8-10-1-2-10;/h3-6,10,13H,1-2,7-8,12H2;1H. The van der Waals surface area contributed by atoms with Gasteiger partial charge in [0.15, 0.2) is 0 Å². The predicted molar refractivity (Wildman–Crippen MR) is 62.9 cm³/mol. The van der Waals surface area contributed by atoms with Crippen LogP contribution in [0, 0.1) is 5.92 Å². The van der Waals surface area contributed by atoms with Crippen molar-refractivity contribution in [1.29, 1.82) is 0 Å². The molecule has 84 valence electrons. The Morgan fingerprint density at radius 3 is 2.47 bits per heavy atom. The van der Waals surface area contributed by atoms with Crippen LogP contribution in [-0.2, 0) is 6.54 Å². The number of hydrogen-bond donors (Lipinski definition) is 2. The Labute approximate surface area is 96.4 Å². The second-order valence-corrected chi connectivity index (χ2v) is 3.78. The SMILES string of the molecule is Cl.NNCc1ccc(OCC2CC2)cc1. The molecule has 3 N–H and O–H groups in total. The Balaban J connectivity index is 0.00000112. The van der Waals surface area contributed by atoms with Crippen LogP contribution < -0.4 is 16.0 Å². The highest BCUT2D eigenvalue weighted by atomic mass is 35.5. The monoisotopic (exact) mass is 228 g/mol. The minimum atomic E-state index is 0. The van der Waals surface area contributed by atoms with Crippen molar-refractivity contribution in [3.05, 3.63) is 29.8 Å². The molecule has 15 heavy (non-hydrogen) atoms. The first kappa shape index (κ1) is 12.3. The van der Waals surface area contributed by atoms with Gasteiger partial charge >= 0.3 is 0 Å². The van der Waals surface area contributed by atoms with Crippen LogP contribution in [0.4, 0.5) is 0 Å². The van der Waals surface area contributed by atoms with Gasteiger partial charge in [0, 0.05) is 6.54 Å². The van der Waals surface area contributed by atoms with Gasteiger partial charge in [0.2, 0.25) is 0 Å². The Hall–Kier alpha value is -0.770. The minimum Gasteiger partial charge on any atom is -0.493 e. The number of nitrogens with two attached hydrogens (primary N) is 1. The maximum Gasteiger partial charge on any atom is 0.119 e. The average molecular weight is 229 g/mol. The number of hydrazine groups is 1. The van der Waals surface area contributed by atoms with E-state index in [2.05, 4.69) is 5.43 Å². The molecule has 0 spiro atoms. The summed E-state index contributed by atoms with van der Waals surface area (Å²) in [6.07, 6.45) is 2.66. The smallest absolute Gasteiger partial charge is 0.119 e. The molecule has 4 heteroatoms. The van der Waals surface area contributed by atoms with Crippen molar-refractivity contribution in [2.24, 2.45) is 11.8 Å². The summed E-state index contributed by atoms with van der Waals surface area (Å²) in [7, 11) is 0. The van der Waals surface area contributed by atoms with Gasteiger partial charge in [0.1, 0.15) is 5.75 Å². The van der Waals surface area contributed by atoms with Crippen LogP contribution >= 0.6 is 12.4 Å². The molecule has 1 aromatic carbocycles. The predicted octanol–water partition coefficient (Wildman–Crippen LogP) is 1.86. The highest BCUT2D eigenvalue weighted by molar-refractivity contribution is 5.85. The number of ether oxygens (including phenoxy) is 1. The highest BCUT2D eigenvalue weighted by Crippen LogP contribution is 2.29. The van der Waals surface area contributed by atoms with E-state index in [-0.39, 0.29) is 12.4 Å². The molecule has 3 nitrogen and oxygen atoms in total. The summed E-state index contributed by atoms with van der Waals surface area (Å²) in [5, 5.41) is 0. The summed E-state index contributed by atoms with van der Waals surface area (Å²) in [6.45, 7) is 1.57. The zero-order valence-corrected chi connectivity index (χ0v) is 9.43. The van der Waals surface area contributed by atoms with Crippen molar-refractivity contribution in [2.45, 2.75) is 19.4 Å². The van der Waals surface area contributed by atoms with E-state index < -0.39 is 0 Å². The van der Waals surface area contributed by atoms with Gasteiger partial charge in [0.05, 0.1) is 6.61 Å². The summed E-state index contributed by atoms with van der Waals surface area (Å²) in [6, 6.07) is 8.05. The molecule has 1 aromatic rings. The third kappa shape index (κ3) is 4.08. The molecular weight excluding hydrogens is 212 g/mol. The lowest BCUT2D eigenvalue weighted by molar-refractivity contribution is 0.299. The summed E-state index contributed by atoms with van der Waals surface area (Å²) in [4.78, 5) is 0. The fourth-order valence-electron chi connectivity index (χ4n) is 1.32. The van der Waals surface area contributed by atoms with Crippen molar-refractivity contribution >= 4 is 12.4 Å². The van der Waals surface area contributed by atoms with Crippen molar-refractivity contribution < 1.29 is 4.74 Å². The van der Waals surface area contributed by atoms with Crippen molar-refractivity contribution in [3.8, 4) is 5.75 Å². The molecule has 0 unspecified atom stereocenters. The molecular formula is C11H17ClN2O. The lowest BCUT2D eigenvalue weighted by Crippen LogP contribution is -2.20. The molecule has 0 saturated heterocycles. The Bertz CT molecular complexity index is 285. The minimum absolute atomic E-state index is 0. The molecule has 0 radical (unpaired) electrons. The van der Waals surface area contributed by atoms with E-state index >= 15 is 0 Å². The van der Waals surface area contributed by atoms with Gasteiger partial charge in [-0.15, -0.1) is 12.4 Å². The second kappa shape index (κ2) is 5.95. The molecule has 1 saturated carbocycles. The van der Waals surface area contributed by atoms with Gasteiger partial charge < -0.3 is 4.74 Å². The van der Waals surface area contributed by atoms with E-state index in [1.165, 1.54) is 18.4 Å². The van der Waals surface area contributed by atoms with Crippen LogP contribution in [0.3, 0.4) is 0 Å². The van der Waals surface area contributed by atoms with E-state index in [9.17, 15) is 0 Å². The zero-order valence-electron chi connectivity index (χ0n) is 8.61. The highest BCUT2D eigenvalue weighted by Gasteiger charge is 2.21. The Morgan fingerprint density at radius 2 is 1.93 bits per heavy atom. The van der Waals surface area contributed by atoms with Crippen molar-refractivity contribution in [3.63, 3.8) is 0 Å². The van der Waals surface area contributed by atoms with Gasteiger partial charge in [-0.05, 0) is 36.5 Å². The van der Waals surface area contributed by atoms with Crippen molar-refractivity contribution in [2.75, 3.05) is 6.61 Å². The van der Waals surface area contributed by atoms with Gasteiger partial charge in [-0.1, -0.05) is 12.1 Å². The number of nitrogens with one attached hydrogen (secondary N) is 1. The van der Waals surface area contributed by atoms with E-state index in [1.54, 1.807) is 0 Å². The molecule has 1 aliphatic rings. The van der Waals surface area contributed by atoms with Gasteiger partial charge in [-0.3, -0.25) is 11.3 Å². The molecule has 0 aliphatic heterocycles.